The second-order valence-electron chi connectivity index (χ2n) is 6.57. The summed E-state index contributed by atoms with van der Waals surface area (Å²) in [5.41, 5.74) is 2.47. The number of rotatable bonds is 4. The normalized spacial score (nSPS) is 13.5. The molecule has 1 aliphatic rings. The highest BCUT2D eigenvalue weighted by atomic mass is 35.5. The summed E-state index contributed by atoms with van der Waals surface area (Å²) >= 11 is 6.09. The Morgan fingerprint density at radius 1 is 1.25 bits per heavy atom. The lowest BCUT2D eigenvalue weighted by atomic mass is 10.0. The maximum absolute atomic E-state index is 12.7. The van der Waals surface area contributed by atoms with Crippen LogP contribution in [0, 0.1) is 0 Å². The molecule has 28 heavy (non-hydrogen) atoms. The fraction of sp³-hybridized carbons (Fsp3) is 0.250. The van der Waals surface area contributed by atoms with E-state index in [-0.39, 0.29) is 11.7 Å². The van der Waals surface area contributed by atoms with Gasteiger partial charge in [0.15, 0.2) is 11.5 Å². The molecule has 1 aliphatic heterocycles. The van der Waals surface area contributed by atoms with E-state index in [0.29, 0.717) is 43.4 Å². The average molecular weight is 399 g/mol. The van der Waals surface area contributed by atoms with Crippen LogP contribution in [0.4, 0.5) is 0 Å². The first kappa shape index (κ1) is 18.3. The number of aromatic nitrogens is 3. The van der Waals surface area contributed by atoms with E-state index in [1.165, 1.54) is 6.33 Å². The maximum atomic E-state index is 12.7. The van der Waals surface area contributed by atoms with Gasteiger partial charge in [0.05, 0.1) is 13.1 Å². The van der Waals surface area contributed by atoms with Gasteiger partial charge < -0.3 is 14.7 Å². The minimum Gasteiger partial charge on any atom is -0.504 e. The Balaban J connectivity index is 1.56. The highest BCUT2D eigenvalue weighted by Gasteiger charge is 2.23. The average Bonchev–Trinajstić information content (AvgIpc) is 3.11. The topological polar surface area (TPSA) is 80.5 Å². The Labute approximate surface area is 167 Å². The maximum Gasteiger partial charge on any atom is 0.224 e. The van der Waals surface area contributed by atoms with Crippen molar-refractivity contribution in [3.63, 3.8) is 0 Å². The molecule has 144 valence electrons. The van der Waals surface area contributed by atoms with Crippen LogP contribution in [0.3, 0.4) is 0 Å². The summed E-state index contributed by atoms with van der Waals surface area (Å²) in [5.74, 6) is 0.487. The minimum atomic E-state index is -0.000372. The molecule has 0 unspecified atom stereocenters. The van der Waals surface area contributed by atoms with E-state index in [2.05, 4.69) is 10.1 Å². The van der Waals surface area contributed by atoms with E-state index in [4.69, 9.17) is 16.3 Å². The van der Waals surface area contributed by atoms with Crippen LogP contribution in [-0.2, 0) is 17.9 Å². The van der Waals surface area contributed by atoms with Crippen molar-refractivity contribution in [1.29, 1.82) is 0 Å². The highest BCUT2D eigenvalue weighted by molar-refractivity contribution is 6.30. The van der Waals surface area contributed by atoms with Crippen molar-refractivity contribution < 1.29 is 14.6 Å². The molecule has 0 saturated carbocycles. The molecule has 2 heterocycles. The summed E-state index contributed by atoms with van der Waals surface area (Å²) in [7, 11) is 0. The van der Waals surface area contributed by atoms with Crippen molar-refractivity contribution in [3.8, 4) is 22.6 Å². The number of amides is 1. The SMILES string of the molecule is O=C(CCn1cncn1)N1CCOc2c(O)cc(-c3cccc(Cl)c3)cc2C1. The molecule has 8 heteroatoms. The van der Waals surface area contributed by atoms with Gasteiger partial charge in [0.2, 0.25) is 5.91 Å². The van der Waals surface area contributed by atoms with Crippen LogP contribution in [0.15, 0.2) is 49.1 Å². The number of fused-ring (bicyclic) bond motifs is 1. The van der Waals surface area contributed by atoms with Gasteiger partial charge in [0.25, 0.3) is 0 Å². The third-order valence-electron chi connectivity index (χ3n) is 4.65. The zero-order valence-corrected chi connectivity index (χ0v) is 15.8. The molecule has 3 aromatic rings. The fourth-order valence-corrected chi connectivity index (χ4v) is 3.45. The molecule has 0 bridgehead atoms. The number of aryl methyl sites for hydroxylation is 1. The lowest BCUT2D eigenvalue weighted by Crippen LogP contribution is -2.33. The Kier molecular flexibility index (Phi) is 5.16. The number of aromatic hydroxyl groups is 1. The van der Waals surface area contributed by atoms with Gasteiger partial charge in [-0.15, -0.1) is 0 Å². The summed E-state index contributed by atoms with van der Waals surface area (Å²) in [4.78, 5) is 18.3. The van der Waals surface area contributed by atoms with Crippen LogP contribution in [0.2, 0.25) is 5.02 Å². The molecule has 4 rings (SSSR count). The molecular weight excluding hydrogens is 380 g/mol. The molecule has 2 aromatic carbocycles. The first-order valence-electron chi connectivity index (χ1n) is 8.95. The van der Waals surface area contributed by atoms with Crippen molar-refractivity contribution in [1.82, 2.24) is 19.7 Å². The second kappa shape index (κ2) is 7.90. The number of carbonyl (C=O) groups excluding carboxylic acids is 1. The Morgan fingerprint density at radius 3 is 2.93 bits per heavy atom. The quantitative estimate of drug-likeness (QED) is 0.730. The molecule has 7 nitrogen and oxygen atoms in total. The van der Waals surface area contributed by atoms with E-state index < -0.39 is 0 Å². The number of hydrogen-bond donors (Lipinski definition) is 1. The van der Waals surface area contributed by atoms with Crippen molar-refractivity contribution in [2.24, 2.45) is 0 Å². The van der Waals surface area contributed by atoms with Gasteiger partial charge in [-0.1, -0.05) is 23.7 Å². The Morgan fingerprint density at radius 2 is 2.14 bits per heavy atom. The number of hydrogen-bond acceptors (Lipinski definition) is 5. The van der Waals surface area contributed by atoms with Gasteiger partial charge in [0.1, 0.15) is 19.3 Å². The van der Waals surface area contributed by atoms with E-state index in [9.17, 15) is 9.90 Å². The zero-order valence-electron chi connectivity index (χ0n) is 15.1. The fourth-order valence-electron chi connectivity index (χ4n) is 3.26. The summed E-state index contributed by atoms with van der Waals surface area (Å²) in [6.45, 7) is 1.62. The van der Waals surface area contributed by atoms with Crippen LogP contribution in [0.5, 0.6) is 11.5 Å². The van der Waals surface area contributed by atoms with Gasteiger partial charge >= 0.3 is 0 Å². The molecule has 1 N–H and O–H groups in total. The van der Waals surface area contributed by atoms with Gasteiger partial charge in [-0.25, -0.2) is 4.98 Å². The number of carbonyl (C=O) groups is 1. The molecular formula is C20H19ClN4O3. The number of halogens is 1. The predicted octanol–water partition coefficient (Wildman–Crippen LogP) is 3.12. The predicted molar refractivity (Wildman–Crippen MR) is 104 cm³/mol. The third-order valence-corrected chi connectivity index (χ3v) is 4.88. The molecule has 0 radical (unpaired) electrons. The number of ether oxygens (including phenoxy) is 1. The van der Waals surface area contributed by atoms with Gasteiger partial charge in [-0.2, -0.15) is 5.10 Å². The number of phenolic OH excluding ortho intramolecular Hbond substituents is 1. The lowest BCUT2D eigenvalue weighted by molar-refractivity contribution is -0.132. The molecule has 0 atom stereocenters. The van der Waals surface area contributed by atoms with Crippen molar-refractivity contribution in [3.05, 3.63) is 59.6 Å². The second-order valence-corrected chi connectivity index (χ2v) is 7.00. The van der Waals surface area contributed by atoms with E-state index in [1.807, 2.05) is 24.3 Å². The number of phenols is 1. The summed E-state index contributed by atoms with van der Waals surface area (Å²) in [6.07, 6.45) is 3.35. The van der Waals surface area contributed by atoms with Crippen LogP contribution < -0.4 is 4.74 Å². The van der Waals surface area contributed by atoms with Crippen LogP contribution in [0.1, 0.15) is 12.0 Å². The molecule has 1 amide bonds. The van der Waals surface area contributed by atoms with Crippen LogP contribution in [-0.4, -0.2) is 43.8 Å². The van der Waals surface area contributed by atoms with Crippen molar-refractivity contribution >= 4 is 17.5 Å². The van der Waals surface area contributed by atoms with Crippen molar-refractivity contribution in [2.75, 3.05) is 13.2 Å². The molecule has 0 aliphatic carbocycles. The van der Waals surface area contributed by atoms with E-state index >= 15 is 0 Å². The monoisotopic (exact) mass is 398 g/mol. The molecule has 0 saturated heterocycles. The highest BCUT2D eigenvalue weighted by Crippen LogP contribution is 2.38. The van der Waals surface area contributed by atoms with Crippen LogP contribution >= 0.6 is 11.6 Å². The zero-order chi connectivity index (χ0) is 19.5. The minimum absolute atomic E-state index is 0.000372. The Hall–Kier alpha value is -3.06. The molecule has 0 fully saturated rings. The molecule has 0 spiro atoms. The summed E-state index contributed by atoms with van der Waals surface area (Å²) < 4.78 is 7.36. The van der Waals surface area contributed by atoms with Crippen molar-refractivity contribution in [2.45, 2.75) is 19.5 Å². The Bertz CT molecular complexity index is 991. The largest absolute Gasteiger partial charge is 0.504 e. The number of benzene rings is 2. The summed E-state index contributed by atoms with van der Waals surface area (Å²) in [5, 5.41) is 15.1. The standard InChI is InChI=1S/C20H19ClN4O3/c21-17-3-1-2-14(9-17)15-8-16-11-24(6-7-28-20(16)18(26)10-15)19(27)4-5-25-13-22-12-23-25/h1-3,8-10,12-13,26H,4-7,11H2. The summed E-state index contributed by atoms with van der Waals surface area (Å²) in [6, 6.07) is 11.0. The lowest BCUT2D eigenvalue weighted by Gasteiger charge is -2.20. The van der Waals surface area contributed by atoms with Crippen LogP contribution in [0.25, 0.3) is 11.1 Å². The molecule has 1 aromatic heterocycles. The number of nitrogens with zero attached hydrogens (tertiary/aromatic N) is 4. The van der Waals surface area contributed by atoms with E-state index in [1.54, 1.807) is 28.0 Å². The van der Waals surface area contributed by atoms with Gasteiger partial charge in [0, 0.05) is 23.6 Å². The third kappa shape index (κ3) is 3.94. The first-order chi connectivity index (χ1) is 13.6. The smallest absolute Gasteiger partial charge is 0.224 e. The van der Waals surface area contributed by atoms with Gasteiger partial charge in [-0.3, -0.25) is 9.48 Å². The van der Waals surface area contributed by atoms with Gasteiger partial charge in [-0.05, 0) is 35.4 Å². The first-order valence-corrected chi connectivity index (χ1v) is 9.33. The van der Waals surface area contributed by atoms with E-state index in [0.717, 1.165) is 16.7 Å².